The van der Waals surface area contributed by atoms with Gasteiger partial charge in [0.1, 0.15) is 0 Å². The number of alkyl halides is 3. The third-order valence-corrected chi connectivity index (χ3v) is 8.44. The van der Waals surface area contributed by atoms with Gasteiger partial charge in [0.25, 0.3) is 5.91 Å². The van der Waals surface area contributed by atoms with Gasteiger partial charge in [0, 0.05) is 35.1 Å². The maximum Gasteiger partial charge on any atom is 0.422 e. The van der Waals surface area contributed by atoms with E-state index in [4.69, 9.17) is 16.3 Å². The van der Waals surface area contributed by atoms with Crippen LogP contribution >= 0.6 is 11.6 Å². The molecule has 3 amide bonds. The van der Waals surface area contributed by atoms with E-state index in [0.29, 0.717) is 28.4 Å². The molecule has 12 nitrogen and oxygen atoms in total. The van der Waals surface area contributed by atoms with Crippen molar-refractivity contribution in [2.24, 2.45) is 5.41 Å². The number of carbonyl (C=O) groups excluding carboxylic acids is 3. The number of nitrogens with zero attached hydrogens (tertiary/aromatic N) is 3. The van der Waals surface area contributed by atoms with E-state index in [0.717, 1.165) is 24.0 Å². The average Bonchev–Trinajstić information content (AvgIpc) is 3.89. The molecule has 1 aliphatic carbocycles. The maximum atomic E-state index is 12.9. The highest BCUT2D eigenvalue weighted by atomic mass is 35.5. The molecule has 0 radical (unpaired) electrons. The second kappa shape index (κ2) is 15.8. The van der Waals surface area contributed by atoms with Gasteiger partial charge < -0.3 is 31.3 Å². The van der Waals surface area contributed by atoms with Crippen molar-refractivity contribution in [3.8, 4) is 6.01 Å². The molecular formula is C36H38ClF3N8O4. The summed E-state index contributed by atoms with van der Waals surface area (Å²) >= 11 is 6.03. The third-order valence-electron chi connectivity index (χ3n) is 8.19. The van der Waals surface area contributed by atoms with Crippen LogP contribution in [0.15, 0.2) is 72.8 Å². The van der Waals surface area contributed by atoms with Gasteiger partial charge >= 0.3 is 24.0 Å². The fourth-order valence-electron chi connectivity index (χ4n) is 5.12. The van der Waals surface area contributed by atoms with Crippen molar-refractivity contribution in [3.63, 3.8) is 0 Å². The number of rotatable bonds is 14. The topological polar surface area (TPSA) is 159 Å². The molecule has 16 heteroatoms. The predicted octanol–water partition coefficient (Wildman–Crippen LogP) is 6.38. The molecule has 5 rings (SSSR count). The first-order chi connectivity index (χ1) is 24.6. The highest BCUT2D eigenvalue weighted by Gasteiger charge is 2.45. The van der Waals surface area contributed by atoms with Gasteiger partial charge in [0.2, 0.25) is 11.9 Å². The number of halogens is 4. The molecule has 0 bridgehead atoms. The molecule has 0 aliphatic heterocycles. The molecule has 1 aliphatic rings. The number of carbonyl (C=O) groups is 3. The number of para-hydroxylation sites is 1. The number of aryl methyl sites for hydroxylation is 1. The van der Waals surface area contributed by atoms with Gasteiger partial charge in [-0.25, -0.2) is 0 Å². The quantitative estimate of drug-likeness (QED) is 0.0925. The van der Waals surface area contributed by atoms with Gasteiger partial charge in [-0.3, -0.25) is 14.4 Å². The molecule has 5 N–H and O–H groups in total. The Morgan fingerprint density at radius 3 is 2.15 bits per heavy atom. The number of anilines is 4. The zero-order valence-electron chi connectivity index (χ0n) is 28.7. The van der Waals surface area contributed by atoms with Crippen molar-refractivity contribution >= 4 is 52.6 Å². The fourth-order valence-corrected chi connectivity index (χ4v) is 5.25. The molecule has 274 valence electrons. The average molecular weight is 739 g/mol. The van der Waals surface area contributed by atoms with Crippen molar-refractivity contribution in [2.45, 2.75) is 51.7 Å². The zero-order valence-corrected chi connectivity index (χ0v) is 29.4. The van der Waals surface area contributed by atoms with Crippen LogP contribution in [0.25, 0.3) is 0 Å². The Morgan fingerprint density at radius 1 is 0.846 bits per heavy atom. The Bertz CT molecular complexity index is 1900. The van der Waals surface area contributed by atoms with E-state index in [1.54, 1.807) is 48.5 Å². The molecule has 3 aromatic carbocycles. The summed E-state index contributed by atoms with van der Waals surface area (Å²) in [5, 5.41) is 14.8. The van der Waals surface area contributed by atoms with E-state index >= 15 is 0 Å². The molecular weight excluding hydrogens is 701 g/mol. The minimum atomic E-state index is -4.60. The molecule has 0 atom stereocenters. The summed E-state index contributed by atoms with van der Waals surface area (Å²) in [6.45, 7) is 4.33. The lowest BCUT2D eigenvalue weighted by atomic mass is 9.93. The van der Waals surface area contributed by atoms with Crippen LogP contribution in [0.1, 0.15) is 55.1 Å². The number of aromatic nitrogens is 3. The van der Waals surface area contributed by atoms with E-state index in [9.17, 15) is 27.6 Å². The first-order valence-electron chi connectivity index (χ1n) is 16.5. The number of hydrogen-bond donors (Lipinski definition) is 5. The Hall–Kier alpha value is -5.44. The highest BCUT2D eigenvalue weighted by molar-refractivity contribution is 6.39. The summed E-state index contributed by atoms with van der Waals surface area (Å²) in [5.41, 5.74) is 2.05. The standard InChI is InChI=1S/C36H38ClF3N8O4/c1-4-22-7-5-6-8-27(22)44-30(51)29(50)42-20-34(2,3)19-41-28(49)23-9-15-26(16-10-23)43-31-45-32(47-33(46-31)52-21-36(38,39)40)48-35(17-18-35)24-11-13-25(37)14-12-24/h5-16H,4,17-21H2,1-3H3,(H,41,49)(H,42,50)(H,44,51)(H2,43,45,46,47,48). The largest absolute Gasteiger partial charge is 0.454 e. The van der Waals surface area contributed by atoms with Crippen LogP contribution in [0.5, 0.6) is 6.01 Å². The van der Waals surface area contributed by atoms with Crippen molar-refractivity contribution in [2.75, 3.05) is 35.6 Å². The Kier molecular flexibility index (Phi) is 11.5. The minimum Gasteiger partial charge on any atom is -0.454 e. The number of benzene rings is 3. The highest BCUT2D eigenvalue weighted by Crippen LogP contribution is 2.48. The van der Waals surface area contributed by atoms with Gasteiger partial charge in [-0.1, -0.05) is 62.7 Å². The van der Waals surface area contributed by atoms with Crippen molar-refractivity contribution in [1.29, 1.82) is 0 Å². The molecule has 1 saturated carbocycles. The SMILES string of the molecule is CCc1ccccc1NC(=O)C(=O)NCC(C)(C)CNC(=O)c1ccc(Nc2nc(NC3(c4ccc(Cl)cc4)CC3)nc(OCC(F)(F)F)n2)cc1. The monoisotopic (exact) mass is 738 g/mol. The summed E-state index contributed by atoms with van der Waals surface area (Å²) in [4.78, 5) is 50.3. The van der Waals surface area contributed by atoms with Gasteiger partial charge in [-0.2, -0.15) is 28.1 Å². The van der Waals surface area contributed by atoms with E-state index in [2.05, 4.69) is 41.5 Å². The Labute approximate surface area is 303 Å². The molecule has 1 fully saturated rings. The number of hydrogen-bond acceptors (Lipinski definition) is 9. The van der Waals surface area contributed by atoms with Gasteiger partial charge in [-0.15, -0.1) is 0 Å². The van der Waals surface area contributed by atoms with Crippen molar-refractivity contribution in [1.82, 2.24) is 25.6 Å². The third kappa shape index (κ3) is 10.5. The smallest absolute Gasteiger partial charge is 0.422 e. The van der Waals surface area contributed by atoms with E-state index in [1.165, 1.54) is 0 Å². The molecule has 0 saturated heterocycles. The van der Waals surface area contributed by atoms with Gasteiger partial charge in [0.15, 0.2) is 6.61 Å². The molecule has 4 aromatic rings. The first-order valence-corrected chi connectivity index (χ1v) is 16.8. The lowest BCUT2D eigenvalue weighted by Crippen LogP contribution is -2.45. The van der Waals surface area contributed by atoms with E-state index in [-0.39, 0.29) is 30.9 Å². The maximum absolute atomic E-state index is 12.9. The predicted molar refractivity (Wildman–Crippen MR) is 191 cm³/mol. The fraction of sp³-hybridized carbons (Fsp3) is 0.333. The lowest BCUT2D eigenvalue weighted by Gasteiger charge is -2.25. The summed E-state index contributed by atoms with van der Waals surface area (Å²) in [6.07, 6.45) is -2.43. The second-order valence-electron chi connectivity index (χ2n) is 13.1. The zero-order chi connectivity index (χ0) is 37.5. The van der Waals surface area contributed by atoms with Crippen LogP contribution in [0.4, 0.5) is 36.4 Å². The minimum absolute atomic E-state index is 0.0133. The van der Waals surface area contributed by atoms with E-state index in [1.807, 2.05) is 45.0 Å². The normalized spacial score (nSPS) is 13.4. The molecule has 0 spiro atoms. The molecule has 0 unspecified atom stereocenters. The van der Waals surface area contributed by atoms with Crippen LogP contribution in [0.2, 0.25) is 5.02 Å². The molecule has 1 heterocycles. The van der Waals surface area contributed by atoms with Crippen LogP contribution in [0, 0.1) is 5.41 Å². The Morgan fingerprint density at radius 2 is 1.50 bits per heavy atom. The number of amides is 3. The van der Waals surface area contributed by atoms with Crippen LogP contribution < -0.4 is 31.3 Å². The molecule has 52 heavy (non-hydrogen) atoms. The summed E-state index contributed by atoms with van der Waals surface area (Å²) in [5.74, 6) is -2.02. The first kappa shape index (κ1) is 37.8. The number of ether oxygens (including phenoxy) is 1. The van der Waals surface area contributed by atoms with Crippen LogP contribution in [-0.4, -0.2) is 58.5 Å². The second-order valence-corrected chi connectivity index (χ2v) is 13.5. The van der Waals surface area contributed by atoms with Gasteiger partial charge in [0.05, 0.1) is 5.54 Å². The summed E-state index contributed by atoms with van der Waals surface area (Å²) in [6, 6.07) is 20.2. The van der Waals surface area contributed by atoms with Crippen LogP contribution in [0.3, 0.4) is 0 Å². The lowest BCUT2D eigenvalue weighted by molar-refractivity contribution is -0.154. The summed E-state index contributed by atoms with van der Waals surface area (Å²) in [7, 11) is 0. The Balaban J connectivity index is 1.17. The van der Waals surface area contributed by atoms with Crippen molar-refractivity contribution < 1.29 is 32.3 Å². The summed E-state index contributed by atoms with van der Waals surface area (Å²) < 4.78 is 43.6. The van der Waals surface area contributed by atoms with Gasteiger partial charge in [-0.05, 0) is 78.3 Å². The van der Waals surface area contributed by atoms with E-state index < -0.39 is 41.6 Å². The molecule has 1 aromatic heterocycles. The van der Waals surface area contributed by atoms with Crippen LogP contribution in [-0.2, 0) is 21.5 Å². The van der Waals surface area contributed by atoms with Crippen molar-refractivity contribution in [3.05, 3.63) is 94.5 Å². The number of nitrogens with one attached hydrogen (secondary N) is 5.